The second kappa shape index (κ2) is 13.1. The molecule has 0 spiro atoms. The number of unbranched alkanes of at least 4 members (excludes halogenated alkanes) is 2. The van der Waals surface area contributed by atoms with Crippen LogP contribution in [0.5, 0.6) is 0 Å². The Labute approximate surface area is 76.3 Å². The molecule has 0 radical (unpaired) electrons. The molecule has 0 aliphatic rings. The lowest BCUT2D eigenvalue weighted by molar-refractivity contribution is -0.143. The van der Waals surface area contributed by atoms with Crippen molar-refractivity contribution in [3.63, 3.8) is 0 Å². The van der Waals surface area contributed by atoms with Gasteiger partial charge in [0.15, 0.2) is 0 Å². The first-order valence-electron chi connectivity index (χ1n) is 4.96. The Balaban J connectivity index is 0. The van der Waals surface area contributed by atoms with Crippen molar-refractivity contribution < 1.29 is 9.53 Å². The van der Waals surface area contributed by atoms with Gasteiger partial charge in [-0.3, -0.25) is 4.79 Å². The van der Waals surface area contributed by atoms with Crippen LogP contribution in [0.1, 0.15) is 53.4 Å². The Kier molecular flexibility index (Phi) is 15.3. The van der Waals surface area contributed by atoms with E-state index in [0.717, 1.165) is 12.8 Å². The lowest BCUT2D eigenvalue weighted by Crippen LogP contribution is -2.03. The summed E-state index contributed by atoms with van der Waals surface area (Å²) in [6.45, 7) is 8.53. The van der Waals surface area contributed by atoms with Crippen molar-refractivity contribution in [3.05, 3.63) is 0 Å². The zero-order valence-electron chi connectivity index (χ0n) is 8.85. The van der Waals surface area contributed by atoms with Gasteiger partial charge in [0.25, 0.3) is 0 Å². The fourth-order valence-electron chi connectivity index (χ4n) is 0.640. The van der Waals surface area contributed by atoms with Crippen molar-refractivity contribution in [2.75, 3.05) is 6.61 Å². The fourth-order valence-corrected chi connectivity index (χ4v) is 0.640. The van der Waals surface area contributed by atoms with E-state index in [0.29, 0.717) is 13.0 Å². The average molecular weight is 174 g/mol. The summed E-state index contributed by atoms with van der Waals surface area (Å²) in [6.07, 6.45) is 3.81. The summed E-state index contributed by atoms with van der Waals surface area (Å²) in [5, 5.41) is 0. The van der Waals surface area contributed by atoms with Crippen LogP contribution in [0.2, 0.25) is 0 Å². The fraction of sp³-hybridized carbons (Fsp3) is 0.900. The largest absolute Gasteiger partial charge is 0.466 e. The third-order valence-electron chi connectivity index (χ3n) is 1.30. The van der Waals surface area contributed by atoms with E-state index in [-0.39, 0.29) is 5.97 Å². The van der Waals surface area contributed by atoms with Crippen LogP contribution < -0.4 is 0 Å². The van der Waals surface area contributed by atoms with Gasteiger partial charge in [0.2, 0.25) is 0 Å². The highest BCUT2D eigenvalue weighted by Gasteiger charge is 1.95. The molecular formula is C10H22O2. The van der Waals surface area contributed by atoms with Gasteiger partial charge in [-0.2, -0.15) is 0 Å². The van der Waals surface area contributed by atoms with E-state index in [4.69, 9.17) is 4.74 Å². The van der Waals surface area contributed by atoms with E-state index in [2.05, 4.69) is 6.92 Å². The van der Waals surface area contributed by atoms with E-state index in [1.807, 2.05) is 20.8 Å². The van der Waals surface area contributed by atoms with Gasteiger partial charge in [-0.05, 0) is 6.42 Å². The van der Waals surface area contributed by atoms with Crippen LogP contribution in [-0.2, 0) is 9.53 Å². The molecule has 0 bridgehead atoms. The average Bonchev–Trinajstić information content (AvgIpc) is 2.15. The van der Waals surface area contributed by atoms with E-state index >= 15 is 0 Å². The minimum atomic E-state index is -0.0869. The minimum Gasteiger partial charge on any atom is -0.466 e. The van der Waals surface area contributed by atoms with Crippen LogP contribution in [0.25, 0.3) is 0 Å². The number of rotatable bonds is 5. The lowest BCUT2D eigenvalue weighted by atomic mass is 10.3. The molecule has 0 N–H and O–H groups in total. The molecule has 0 aromatic heterocycles. The Hall–Kier alpha value is -0.530. The first kappa shape index (κ1) is 14.0. The highest BCUT2D eigenvalue weighted by atomic mass is 16.5. The van der Waals surface area contributed by atoms with Crippen LogP contribution in [0, 0.1) is 0 Å². The Morgan fingerprint density at radius 2 is 1.75 bits per heavy atom. The second-order valence-electron chi connectivity index (χ2n) is 2.28. The van der Waals surface area contributed by atoms with Crippen LogP contribution in [-0.4, -0.2) is 12.6 Å². The van der Waals surface area contributed by atoms with Gasteiger partial charge < -0.3 is 4.74 Å². The molecule has 2 nitrogen and oxygen atoms in total. The van der Waals surface area contributed by atoms with E-state index in [1.165, 1.54) is 6.42 Å². The van der Waals surface area contributed by atoms with Crippen molar-refractivity contribution >= 4 is 5.97 Å². The van der Waals surface area contributed by atoms with E-state index in [9.17, 15) is 4.79 Å². The molecule has 0 heterocycles. The molecule has 0 amide bonds. The van der Waals surface area contributed by atoms with Crippen LogP contribution >= 0.6 is 0 Å². The van der Waals surface area contributed by atoms with Gasteiger partial charge in [0, 0.05) is 6.42 Å². The van der Waals surface area contributed by atoms with Gasteiger partial charge >= 0.3 is 5.97 Å². The second-order valence-corrected chi connectivity index (χ2v) is 2.28. The third kappa shape index (κ3) is 12.2. The number of esters is 1. The molecule has 74 valence electrons. The molecule has 0 aromatic rings. The number of carbonyl (C=O) groups excluding carboxylic acids is 1. The Morgan fingerprint density at radius 1 is 1.17 bits per heavy atom. The molecule has 0 aromatic carbocycles. The standard InChI is InChI=1S/C8H16O2.C2H6/c1-3-5-6-7-10-8(9)4-2;1-2/h3-7H2,1-2H3;1-2H3. The summed E-state index contributed by atoms with van der Waals surface area (Å²) in [4.78, 5) is 10.6. The maximum absolute atomic E-state index is 10.6. The summed E-state index contributed by atoms with van der Waals surface area (Å²) in [5.41, 5.74) is 0. The molecule has 0 unspecified atom stereocenters. The predicted octanol–water partition coefficient (Wildman–Crippen LogP) is 3.16. The quantitative estimate of drug-likeness (QED) is 0.472. The number of carbonyl (C=O) groups is 1. The van der Waals surface area contributed by atoms with E-state index in [1.54, 1.807) is 0 Å². The van der Waals surface area contributed by atoms with Crippen LogP contribution in [0.15, 0.2) is 0 Å². The minimum absolute atomic E-state index is 0.0869. The topological polar surface area (TPSA) is 26.3 Å². The first-order chi connectivity index (χ1) is 5.81. The summed E-state index contributed by atoms with van der Waals surface area (Å²) >= 11 is 0. The molecule has 0 aliphatic carbocycles. The van der Waals surface area contributed by atoms with Crippen molar-refractivity contribution in [2.24, 2.45) is 0 Å². The molecule has 0 fully saturated rings. The Bertz CT molecular complexity index is 89.8. The SMILES string of the molecule is CC.CCCCCOC(=O)CC. The van der Waals surface area contributed by atoms with Crippen molar-refractivity contribution in [2.45, 2.75) is 53.4 Å². The molecule has 0 aliphatic heterocycles. The maximum Gasteiger partial charge on any atom is 0.305 e. The molecule has 0 saturated heterocycles. The van der Waals surface area contributed by atoms with Gasteiger partial charge in [-0.15, -0.1) is 0 Å². The molecule has 12 heavy (non-hydrogen) atoms. The number of hydrogen-bond acceptors (Lipinski definition) is 2. The molecule has 0 saturated carbocycles. The van der Waals surface area contributed by atoms with Gasteiger partial charge in [0.1, 0.15) is 0 Å². The predicted molar refractivity (Wildman–Crippen MR) is 52.1 cm³/mol. The van der Waals surface area contributed by atoms with Gasteiger partial charge in [0.05, 0.1) is 6.61 Å². The lowest BCUT2D eigenvalue weighted by Gasteiger charge is -2.00. The maximum atomic E-state index is 10.6. The monoisotopic (exact) mass is 174 g/mol. The Morgan fingerprint density at radius 3 is 2.17 bits per heavy atom. The van der Waals surface area contributed by atoms with Crippen molar-refractivity contribution in [1.29, 1.82) is 0 Å². The number of ether oxygens (including phenoxy) is 1. The third-order valence-corrected chi connectivity index (χ3v) is 1.30. The smallest absolute Gasteiger partial charge is 0.305 e. The highest BCUT2D eigenvalue weighted by Crippen LogP contribution is 1.95. The van der Waals surface area contributed by atoms with Crippen LogP contribution in [0.3, 0.4) is 0 Å². The molecule has 2 heteroatoms. The normalized spacial score (nSPS) is 8.33. The zero-order valence-corrected chi connectivity index (χ0v) is 8.85. The highest BCUT2D eigenvalue weighted by molar-refractivity contribution is 5.68. The zero-order chi connectivity index (χ0) is 9.82. The van der Waals surface area contributed by atoms with E-state index < -0.39 is 0 Å². The van der Waals surface area contributed by atoms with Gasteiger partial charge in [-0.25, -0.2) is 0 Å². The summed E-state index contributed by atoms with van der Waals surface area (Å²) in [5.74, 6) is -0.0869. The number of hydrogen-bond donors (Lipinski definition) is 0. The summed E-state index contributed by atoms with van der Waals surface area (Å²) in [6, 6.07) is 0. The van der Waals surface area contributed by atoms with Crippen molar-refractivity contribution in [3.8, 4) is 0 Å². The molecular weight excluding hydrogens is 152 g/mol. The van der Waals surface area contributed by atoms with Crippen molar-refractivity contribution in [1.82, 2.24) is 0 Å². The van der Waals surface area contributed by atoms with Gasteiger partial charge in [-0.1, -0.05) is 40.5 Å². The molecule has 0 rings (SSSR count). The summed E-state index contributed by atoms with van der Waals surface area (Å²) < 4.78 is 4.85. The van der Waals surface area contributed by atoms with Crippen LogP contribution in [0.4, 0.5) is 0 Å². The summed E-state index contributed by atoms with van der Waals surface area (Å²) in [7, 11) is 0. The molecule has 0 atom stereocenters. The first-order valence-corrected chi connectivity index (χ1v) is 4.96.